The molecule has 2 saturated heterocycles. The number of nitrogens with one attached hydrogen (secondary N) is 1. The van der Waals surface area contributed by atoms with E-state index in [0.717, 1.165) is 25.9 Å². The van der Waals surface area contributed by atoms with E-state index in [9.17, 15) is 9.59 Å². The van der Waals surface area contributed by atoms with Gasteiger partial charge in [-0.2, -0.15) is 0 Å². The van der Waals surface area contributed by atoms with Crippen LogP contribution < -0.4 is 5.32 Å². The second-order valence-corrected chi connectivity index (χ2v) is 7.45. The van der Waals surface area contributed by atoms with E-state index in [1.165, 1.54) is 0 Å². The smallest absolute Gasteiger partial charge is 0.251 e. The van der Waals surface area contributed by atoms with Gasteiger partial charge in [-0.15, -0.1) is 0 Å². The van der Waals surface area contributed by atoms with Gasteiger partial charge in [-0.25, -0.2) is 0 Å². The SMILES string of the molecule is CC1CN(C(=O)CN2CCC(NC(=O)c3ccccc3)CC2)CC(C)O1. The Balaban J connectivity index is 1.42. The van der Waals surface area contributed by atoms with Gasteiger partial charge in [-0.1, -0.05) is 18.2 Å². The highest BCUT2D eigenvalue weighted by molar-refractivity contribution is 5.94. The van der Waals surface area contributed by atoms with Gasteiger partial charge in [0.2, 0.25) is 5.91 Å². The number of piperidine rings is 1. The van der Waals surface area contributed by atoms with Crippen molar-refractivity contribution in [3.8, 4) is 0 Å². The zero-order chi connectivity index (χ0) is 18.5. The van der Waals surface area contributed by atoms with Crippen molar-refractivity contribution in [3.63, 3.8) is 0 Å². The lowest BCUT2D eigenvalue weighted by Crippen LogP contribution is -2.52. The van der Waals surface area contributed by atoms with Gasteiger partial charge in [0.15, 0.2) is 0 Å². The molecule has 2 fully saturated rings. The number of carbonyl (C=O) groups excluding carboxylic acids is 2. The third-order valence-electron chi connectivity index (χ3n) is 5.09. The minimum atomic E-state index is -0.0172. The molecule has 2 amide bonds. The fourth-order valence-corrected chi connectivity index (χ4v) is 3.77. The summed E-state index contributed by atoms with van der Waals surface area (Å²) in [6.45, 7) is 7.49. The maximum Gasteiger partial charge on any atom is 0.251 e. The van der Waals surface area contributed by atoms with Crippen LogP contribution in [0, 0.1) is 0 Å². The average Bonchev–Trinajstić information content (AvgIpc) is 2.63. The van der Waals surface area contributed by atoms with Gasteiger partial charge in [-0.05, 0) is 38.8 Å². The number of hydrogen-bond donors (Lipinski definition) is 1. The van der Waals surface area contributed by atoms with E-state index in [2.05, 4.69) is 10.2 Å². The highest BCUT2D eigenvalue weighted by Gasteiger charge is 2.28. The molecule has 1 aromatic carbocycles. The molecule has 1 N–H and O–H groups in total. The third kappa shape index (κ3) is 5.05. The van der Waals surface area contributed by atoms with Crippen molar-refractivity contribution in [2.45, 2.75) is 44.9 Å². The highest BCUT2D eigenvalue weighted by Crippen LogP contribution is 2.14. The van der Waals surface area contributed by atoms with Gasteiger partial charge in [0.05, 0.1) is 18.8 Å². The van der Waals surface area contributed by atoms with E-state index in [1.807, 2.05) is 49.1 Å². The van der Waals surface area contributed by atoms with Crippen molar-refractivity contribution in [1.82, 2.24) is 15.1 Å². The molecule has 0 spiro atoms. The van der Waals surface area contributed by atoms with Crippen molar-refractivity contribution in [2.24, 2.45) is 0 Å². The summed E-state index contributed by atoms with van der Waals surface area (Å²) in [5.41, 5.74) is 0.695. The van der Waals surface area contributed by atoms with Crippen LogP contribution >= 0.6 is 0 Å². The lowest BCUT2D eigenvalue weighted by Gasteiger charge is -2.37. The van der Waals surface area contributed by atoms with Crippen LogP contribution in [0.4, 0.5) is 0 Å². The molecule has 1 aromatic rings. The molecule has 0 saturated carbocycles. The molecule has 2 atom stereocenters. The van der Waals surface area contributed by atoms with Crippen molar-refractivity contribution in [3.05, 3.63) is 35.9 Å². The standard InChI is InChI=1S/C20H29N3O3/c1-15-12-23(13-16(2)26-15)19(24)14-22-10-8-18(9-11-22)21-20(25)17-6-4-3-5-7-17/h3-7,15-16,18H,8-14H2,1-2H3,(H,21,25). The number of carbonyl (C=O) groups is 2. The van der Waals surface area contributed by atoms with Crippen molar-refractivity contribution < 1.29 is 14.3 Å². The quantitative estimate of drug-likeness (QED) is 0.885. The molecule has 0 aliphatic carbocycles. The van der Waals surface area contributed by atoms with Crippen LogP contribution in [-0.4, -0.2) is 72.6 Å². The second-order valence-electron chi connectivity index (χ2n) is 7.45. The van der Waals surface area contributed by atoms with E-state index in [-0.39, 0.29) is 30.1 Å². The molecule has 0 aromatic heterocycles. The van der Waals surface area contributed by atoms with Crippen molar-refractivity contribution >= 4 is 11.8 Å². The number of amides is 2. The van der Waals surface area contributed by atoms with Gasteiger partial charge in [0.1, 0.15) is 0 Å². The molecule has 6 heteroatoms. The Morgan fingerprint density at radius 3 is 2.31 bits per heavy atom. The maximum absolute atomic E-state index is 12.6. The largest absolute Gasteiger partial charge is 0.372 e. The molecule has 2 aliphatic rings. The molecule has 0 bridgehead atoms. The van der Waals surface area contributed by atoms with E-state index in [0.29, 0.717) is 25.2 Å². The van der Waals surface area contributed by atoms with Crippen molar-refractivity contribution in [2.75, 3.05) is 32.7 Å². The summed E-state index contributed by atoms with van der Waals surface area (Å²) in [6, 6.07) is 9.48. The van der Waals surface area contributed by atoms with Gasteiger partial charge < -0.3 is 15.0 Å². The maximum atomic E-state index is 12.6. The van der Waals surface area contributed by atoms with E-state index >= 15 is 0 Å². The first-order chi connectivity index (χ1) is 12.5. The van der Waals surface area contributed by atoms with Crippen molar-refractivity contribution in [1.29, 1.82) is 0 Å². The van der Waals surface area contributed by atoms with E-state index < -0.39 is 0 Å². The van der Waals surface area contributed by atoms with Crippen LogP contribution in [0.1, 0.15) is 37.0 Å². The molecule has 142 valence electrons. The lowest BCUT2D eigenvalue weighted by atomic mass is 10.0. The Morgan fingerprint density at radius 2 is 1.69 bits per heavy atom. The van der Waals surface area contributed by atoms with Crippen LogP contribution in [0.15, 0.2) is 30.3 Å². The first-order valence-electron chi connectivity index (χ1n) is 9.53. The minimum Gasteiger partial charge on any atom is -0.372 e. The molecule has 2 heterocycles. The summed E-state index contributed by atoms with van der Waals surface area (Å²) in [5, 5.41) is 3.11. The fraction of sp³-hybridized carbons (Fsp3) is 0.600. The predicted octanol–water partition coefficient (Wildman–Crippen LogP) is 1.52. The van der Waals surface area contributed by atoms with Crippen LogP contribution in [-0.2, 0) is 9.53 Å². The fourth-order valence-electron chi connectivity index (χ4n) is 3.77. The Hall–Kier alpha value is -1.92. The molecule has 0 radical (unpaired) electrons. The number of likely N-dealkylation sites (tertiary alicyclic amines) is 1. The summed E-state index contributed by atoms with van der Waals surface area (Å²) in [4.78, 5) is 28.9. The second kappa shape index (κ2) is 8.64. The van der Waals surface area contributed by atoms with Gasteiger partial charge in [-0.3, -0.25) is 14.5 Å². The molecule has 2 aliphatic heterocycles. The predicted molar refractivity (Wildman–Crippen MR) is 100.0 cm³/mol. The molecule has 6 nitrogen and oxygen atoms in total. The summed E-state index contributed by atoms with van der Waals surface area (Å²) >= 11 is 0. The first kappa shape index (κ1) is 18.9. The normalized spacial score (nSPS) is 25.1. The summed E-state index contributed by atoms with van der Waals surface area (Å²) in [5.74, 6) is 0.162. The lowest BCUT2D eigenvalue weighted by molar-refractivity contribution is -0.144. The Labute approximate surface area is 155 Å². The zero-order valence-corrected chi connectivity index (χ0v) is 15.7. The Morgan fingerprint density at radius 1 is 1.08 bits per heavy atom. The number of hydrogen-bond acceptors (Lipinski definition) is 4. The average molecular weight is 359 g/mol. The van der Waals surface area contributed by atoms with Gasteiger partial charge >= 0.3 is 0 Å². The first-order valence-corrected chi connectivity index (χ1v) is 9.53. The summed E-state index contributed by atoms with van der Waals surface area (Å²) in [6.07, 6.45) is 1.95. The number of morpholine rings is 1. The van der Waals surface area contributed by atoms with E-state index in [4.69, 9.17) is 4.74 Å². The highest BCUT2D eigenvalue weighted by atomic mass is 16.5. The summed E-state index contributed by atoms with van der Waals surface area (Å²) in [7, 11) is 0. The van der Waals surface area contributed by atoms with E-state index in [1.54, 1.807) is 0 Å². The van der Waals surface area contributed by atoms with Gasteiger partial charge in [0.25, 0.3) is 5.91 Å². The van der Waals surface area contributed by atoms with Gasteiger partial charge in [0, 0.05) is 37.8 Å². The third-order valence-corrected chi connectivity index (χ3v) is 5.09. The number of nitrogens with zero attached hydrogens (tertiary/aromatic N) is 2. The molecule has 2 unspecified atom stereocenters. The molecule has 3 rings (SSSR count). The Kier molecular flexibility index (Phi) is 6.27. The minimum absolute atomic E-state index is 0.0172. The number of benzene rings is 1. The number of rotatable bonds is 4. The Bertz CT molecular complexity index is 604. The summed E-state index contributed by atoms with van der Waals surface area (Å²) < 4.78 is 5.70. The van der Waals surface area contributed by atoms with Crippen LogP contribution in [0.2, 0.25) is 0 Å². The molecule has 26 heavy (non-hydrogen) atoms. The van der Waals surface area contributed by atoms with Crippen LogP contribution in [0.25, 0.3) is 0 Å². The van der Waals surface area contributed by atoms with Crippen LogP contribution in [0.3, 0.4) is 0 Å². The number of ether oxygens (including phenoxy) is 1. The zero-order valence-electron chi connectivity index (χ0n) is 15.7. The van der Waals surface area contributed by atoms with Crippen LogP contribution in [0.5, 0.6) is 0 Å². The topological polar surface area (TPSA) is 61.9 Å². The molecular weight excluding hydrogens is 330 g/mol. The monoisotopic (exact) mass is 359 g/mol. The molecular formula is C20H29N3O3.